The van der Waals surface area contributed by atoms with Crippen molar-refractivity contribution in [2.75, 3.05) is 26.2 Å². The zero-order chi connectivity index (χ0) is 17.8. The second-order valence-electron chi connectivity index (χ2n) is 6.82. The Labute approximate surface area is 155 Å². The molecule has 1 aliphatic heterocycles. The summed E-state index contributed by atoms with van der Waals surface area (Å²) in [4.78, 5) is 17.1. The molecule has 0 N–H and O–H groups in total. The van der Waals surface area contributed by atoms with E-state index in [1.165, 1.54) is 16.7 Å². The molecule has 0 aliphatic carbocycles. The molecule has 0 unspecified atom stereocenters. The van der Waals surface area contributed by atoms with Crippen molar-refractivity contribution in [3.8, 4) is 0 Å². The van der Waals surface area contributed by atoms with Crippen LogP contribution in [0.3, 0.4) is 0 Å². The zero-order valence-electron chi connectivity index (χ0n) is 15.0. The number of nitrogens with zero attached hydrogens (tertiary/aromatic N) is 2. The lowest BCUT2D eigenvalue weighted by molar-refractivity contribution is 0.0761. The van der Waals surface area contributed by atoms with Crippen LogP contribution in [0.4, 0.5) is 0 Å². The summed E-state index contributed by atoms with van der Waals surface area (Å²) in [5.41, 5.74) is 4.61. The molecule has 3 nitrogen and oxygen atoms in total. The van der Waals surface area contributed by atoms with Gasteiger partial charge in [0.05, 0.1) is 10.6 Å². The minimum absolute atomic E-state index is 0.0404. The van der Waals surface area contributed by atoms with Crippen LogP contribution in [-0.2, 0) is 6.54 Å². The van der Waals surface area contributed by atoms with E-state index in [4.69, 9.17) is 11.6 Å². The van der Waals surface area contributed by atoms with Crippen molar-refractivity contribution in [2.24, 2.45) is 0 Å². The molecule has 1 aliphatic rings. The Morgan fingerprint density at radius 2 is 1.80 bits per heavy atom. The number of carbonyl (C=O) groups is 1. The fraction of sp³-hybridized carbons (Fsp3) is 0.381. The highest BCUT2D eigenvalue weighted by molar-refractivity contribution is 6.33. The number of rotatable bonds is 3. The van der Waals surface area contributed by atoms with Crippen molar-refractivity contribution < 1.29 is 4.79 Å². The summed E-state index contributed by atoms with van der Waals surface area (Å²) in [6.45, 7) is 8.68. The molecule has 0 spiro atoms. The van der Waals surface area contributed by atoms with Gasteiger partial charge in [-0.3, -0.25) is 9.69 Å². The van der Waals surface area contributed by atoms with E-state index in [2.05, 4.69) is 36.9 Å². The van der Waals surface area contributed by atoms with Crippen LogP contribution in [-0.4, -0.2) is 41.9 Å². The number of halogens is 1. The summed E-state index contributed by atoms with van der Waals surface area (Å²) in [6.07, 6.45) is 0.987. The van der Waals surface area contributed by atoms with E-state index in [9.17, 15) is 4.79 Å². The molecule has 25 heavy (non-hydrogen) atoms. The van der Waals surface area contributed by atoms with Gasteiger partial charge in [-0.1, -0.05) is 41.9 Å². The molecular weight excluding hydrogens is 332 g/mol. The minimum atomic E-state index is 0.0404. The summed E-state index contributed by atoms with van der Waals surface area (Å²) in [7, 11) is 0. The lowest BCUT2D eigenvalue weighted by Crippen LogP contribution is -2.35. The molecule has 0 radical (unpaired) electrons. The molecule has 2 aromatic carbocycles. The summed E-state index contributed by atoms with van der Waals surface area (Å²) >= 11 is 6.18. The van der Waals surface area contributed by atoms with Gasteiger partial charge in [0.2, 0.25) is 0 Å². The highest BCUT2D eigenvalue weighted by Gasteiger charge is 2.21. The monoisotopic (exact) mass is 356 g/mol. The van der Waals surface area contributed by atoms with Gasteiger partial charge in [-0.2, -0.15) is 0 Å². The van der Waals surface area contributed by atoms with E-state index >= 15 is 0 Å². The predicted octanol–water partition coefficient (Wildman–Crippen LogP) is 4.30. The largest absolute Gasteiger partial charge is 0.337 e. The fourth-order valence-corrected chi connectivity index (χ4v) is 3.51. The van der Waals surface area contributed by atoms with Crippen molar-refractivity contribution in [2.45, 2.75) is 26.8 Å². The van der Waals surface area contributed by atoms with Crippen molar-refractivity contribution in [3.63, 3.8) is 0 Å². The van der Waals surface area contributed by atoms with Gasteiger partial charge >= 0.3 is 0 Å². The standard InChI is InChI=1S/C21H25ClN2O/c1-16-8-9-18(14-17(16)2)15-23-10-5-11-24(13-12-23)21(25)19-6-3-4-7-20(19)22/h3-4,6-9,14H,5,10-13,15H2,1-2H3. The average molecular weight is 357 g/mol. The summed E-state index contributed by atoms with van der Waals surface area (Å²) < 4.78 is 0. The third-order valence-corrected chi connectivity index (χ3v) is 5.29. The summed E-state index contributed by atoms with van der Waals surface area (Å²) in [6, 6.07) is 14.0. The first-order valence-electron chi connectivity index (χ1n) is 8.87. The van der Waals surface area contributed by atoms with Crippen LogP contribution in [0.1, 0.15) is 33.5 Å². The lowest BCUT2D eigenvalue weighted by atomic mass is 10.1. The third kappa shape index (κ3) is 4.42. The van der Waals surface area contributed by atoms with Crippen molar-refractivity contribution in [1.29, 1.82) is 0 Å². The molecule has 0 aromatic heterocycles. The Bertz CT molecular complexity index is 759. The minimum Gasteiger partial charge on any atom is -0.337 e. The Morgan fingerprint density at radius 1 is 1.00 bits per heavy atom. The molecule has 0 atom stereocenters. The van der Waals surface area contributed by atoms with E-state index in [1.807, 2.05) is 23.1 Å². The summed E-state index contributed by atoms with van der Waals surface area (Å²) in [5, 5.41) is 0.531. The summed E-state index contributed by atoms with van der Waals surface area (Å²) in [5.74, 6) is 0.0404. The molecule has 0 bridgehead atoms. The van der Waals surface area contributed by atoms with Crippen LogP contribution in [0.2, 0.25) is 5.02 Å². The smallest absolute Gasteiger partial charge is 0.255 e. The number of hydrogen-bond donors (Lipinski definition) is 0. The van der Waals surface area contributed by atoms with Gasteiger partial charge in [-0.05, 0) is 49.1 Å². The van der Waals surface area contributed by atoms with E-state index in [0.29, 0.717) is 10.6 Å². The Hall–Kier alpha value is -1.84. The highest BCUT2D eigenvalue weighted by atomic mass is 35.5. The van der Waals surface area contributed by atoms with Crippen LogP contribution in [0, 0.1) is 13.8 Å². The lowest BCUT2D eigenvalue weighted by Gasteiger charge is -2.22. The van der Waals surface area contributed by atoms with Gasteiger partial charge < -0.3 is 4.90 Å². The molecule has 132 valence electrons. The average Bonchev–Trinajstić information content (AvgIpc) is 2.84. The maximum Gasteiger partial charge on any atom is 0.255 e. The first-order chi connectivity index (χ1) is 12.0. The molecule has 1 amide bonds. The molecule has 1 heterocycles. The molecule has 1 fully saturated rings. The molecule has 2 aromatic rings. The number of hydrogen-bond acceptors (Lipinski definition) is 2. The quantitative estimate of drug-likeness (QED) is 0.818. The van der Waals surface area contributed by atoms with Crippen LogP contribution in [0.25, 0.3) is 0 Å². The second kappa shape index (κ2) is 8.03. The molecular formula is C21H25ClN2O. The maximum atomic E-state index is 12.7. The van der Waals surface area contributed by atoms with Crippen LogP contribution in [0.5, 0.6) is 0 Å². The van der Waals surface area contributed by atoms with Gasteiger partial charge in [0.25, 0.3) is 5.91 Å². The van der Waals surface area contributed by atoms with Crippen LogP contribution < -0.4 is 0 Å². The van der Waals surface area contributed by atoms with Gasteiger partial charge in [0, 0.05) is 32.7 Å². The van der Waals surface area contributed by atoms with Gasteiger partial charge in [0.15, 0.2) is 0 Å². The second-order valence-corrected chi connectivity index (χ2v) is 7.23. The van der Waals surface area contributed by atoms with Gasteiger partial charge in [-0.15, -0.1) is 0 Å². The third-order valence-electron chi connectivity index (χ3n) is 4.96. The molecule has 1 saturated heterocycles. The van der Waals surface area contributed by atoms with Gasteiger partial charge in [0.1, 0.15) is 0 Å². The maximum absolute atomic E-state index is 12.7. The number of benzene rings is 2. The molecule has 0 saturated carbocycles. The highest BCUT2D eigenvalue weighted by Crippen LogP contribution is 2.19. The first-order valence-corrected chi connectivity index (χ1v) is 9.24. The van der Waals surface area contributed by atoms with E-state index in [1.54, 1.807) is 6.07 Å². The van der Waals surface area contributed by atoms with Crippen molar-refractivity contribution in [1.82, 2.24) is 9.80 Å². The zero-order valence-corrected chi connectivity index (χ0v) is 15.7. The number of aryl methyl sites for hydroxylation is 2. The van der Waals surface area contributed by atoms with E-state index in [0.717, 1.165) is 39.1 Å². The van der Waals surface area contributed by atoms with E-state index in [-0.39, 0.29) is 5.91 Å². The topological polar surface area (TPSA) is 23.6 Å². The van der Waals surface area contributed by atoms with Gasteiger partial charge in [-0.25, -0.2) is 0 Å². The first kappa shape index (κ1) is 18.0. The Morgan fingerprint density at radius 3 is 2.56 bits per heavy atom. The fourth-order valence-electron chi connectivity index (χ4n) is 3.30. The number of carbonyl (C=O) groups excluding carboxylic acids is 1. The molecule has 3 rings (SSSR count). The SMILES string of the molecule is Cc1ccc(CN2CCCN(C(=O)c3ccccc3Cl)CC2)cc1C. The Balaban J connectivity index is 1.63. The Kier molecular flexibility index (Phi) is 5.77. The van der Waals surface area contributed by atoms with E-state index < -0.39 is 0 Å². The predicted molar refractivity (Wildman–Crippen MR) is 103 cm³/mol. The van der Waals surface area contributed by atoms with Crippen LogP contribution in [0.15, 0.2) is 42.5 Å². The van der Waals surface area contributed by atoms with Crippen molar-refractivity contribution in [3.05, 3.63) is 69.7 Å². The normalized spacial score (nSPS) is 15.9. The molecule has 4 heteroatoms. The van der Waals surface area contributed by atoms with Crippen LogP contribution >= 0.6 is 11.6 Å². The van der Waals surface area contributed by atoms with Crippen molar-refractivity contribution >= 4 is 17.5 Å². The number of amides is 1.